The summed E-state index contributed by atoms with van der Waals surface area (Å²) in [6.45, 7) is 2.05. The molecule has 1 N–H and O–H groups in total. The zero-order valence-corrected chi connectivity index (χ0v) is 28.3. The number of halogens is 1. The zero-order valence-electron chi connectivity index (χ0n) is 27.6. The molecule has 252 valence electrons. The second kappa shape index (κ2) is 12.0. The second-order valence-electron chi connectivity index (χ2n) is 13.6. The number of benzene rings is 4. The van der Waals surface area contributed by atoms with Crippen molar-refractivity contribution in [2.75, 3.05) is 16.9 Å². The minimum Gasteiger partial charge on any atom is -0.504 e. The monoisotopic (exact) mass is 686 g/mol. The molecule has 0 unspecified atom stereocenters. The third-order valence-corrected chi connectivity index (χ3v) is 11.5. The molecule has 4 aromatic rings. The molecule has 2 heterocycles. The van der Waals surface area contributed by atoms with Gasteiger partial charge in [0.25, 0.3) is 0 Å². The highest BCUT2D eigenvalue weighted by atomic mass is 35.5. The Bertz CT molecular complexity index is 2100. The number of methoxy groups -OCH3 is 1. The molecule has 50 heavy (non-hydrogen) atoms. The summed E-state index contributed by atoms with van der Waals surface area (Å²) >= 11 is 6.40. The van der Waals surface area contributed by atoms with Gasteiger partial charge < -0.3 is 9.84 Å². The molecule has 0 bridgehead atoms. The van der Waals surface area contributed by atoms with Crippen molar-refractivity contribution < 1.29 is 29.0 Å². The predicted octanol–water partition coefficient (Wildman–Crippen LogP) is 6.98. The summed E-state index contributed by atoms with van der Waals surface area (Å²) in [5, 5.41) is 11.0. The first-order valence-corrected chi connectivity index (χ1v) is 17.3. The minimum atomic E-state index is -1.42. The summed E-state index contributed by atoms with van der Waals surface area (Å²) in [5.74, 6) is -4.62. The van der Waals surface area contributed by atoms with Crippen molar-refractivity contribution >= 4 is 46.6 Å². The van der Waals surface area contributed by atoms with Gasteiger partial charge in [-0.1, -0.05) is 84.8 Å². The molecule has 3 fully saturated rings. The van der Waals surface area contributed by atoms with E-state index >= 15 is 4.79 Å². The number of aromatic hydroxyl groups is 1. The number of phenolic OH excluding ortho intramolecular Hbond substituents is 1. The molecule has 2 aliphatic heterocycles. The number of hydrogen-bond acceptors (Lipinski definition) is 6. The first kappa shape index (κ1) is 32.0. The van der Waals surface area contributed by atoms with E-state index in [0.717, 1.165) is 17.6 Å². The molecule has 1 saturated carbocycles. The van der Waals surface area contributed by atoms with Gasteiger partial charge in [-0.3, -0.25) is 24.1 Å². The first-order chi connectivity index (χ1) is 24.2. The van der Waals surface area contributed by atoms with E-state index in [-0.39, 0.29) is 35.6 Å². The van der Waals surface area contributed by atoms with E-state index in [2.05, 4.69) is 0 Å². The number of aryl methyl sites for hydroxylation is 1. The Hall–Kier alpha value is -5.21. The van der Waals surface area contributed by atoms with Crippen LogP contribution >= 0.6 is 11.6 Å². The molecule has 2 aliphatic carbocycles. The third kappa shape index (κ3) is 4.51. The van der Waals surface area contributed by atoms with Crippen LogP contribution < -0.4 is 14.5 Å². The van der Waals surface area contributed by atoms with E-state index in [1.54, 1.807) is 36.4 Å². The number of anilines is 2. The molecule has 2 saturated heterocycles. The van der Waals surface area contributed by atoms with E-state index in [0.29, 0.717) is 33.9 Å². The van der Waals surface area contributed by atoms with Gasteiger partial charge in [0.2, 0.25) is 23.6 Å². The maximum absolute atomic E-state index is 15.3. The van der Waals surface area contributed by atoms with E-state index in [9.17, 15) is 19.5 Å². The van der Waals surface area contributed by atoms with Gasteiger partial charge in [0.1, 0.15) is 0 Å². The molecule has 9 heteroatoms. The Morgan fingerprint density at radius 1 is 0.820 bits per heavy atom. The summed E-state index contributed by atoms with van der Waals surface area (Å²) in [6, 6.07) is 28.5. The molecule has 4 aliphatic rings. The predicted molar refractivity (Wildman–Crippen MR) is 189 cm³/mol. The lowest BCUT2D eigenvalue weighted by Gasteiger charge is -2.50. The van der Waals surface area contributed by atoms with E-state index in [1.807, 2.05) is 67.6 Å². The number of imide groups is 2. The quantitative estimate of drug-likeness (QED) is 0.173. The van der Waals surface area contributed by atoms with E-state index < -0.39 is 40.9 Å². The van der Waals surface area contributed by atoms with E-state index in [1.165, 1.54) is 23.0 Å². The normalized spacial score (nSPS) is 27.2. The van der Waals surface area contributed by atoms with Gasteiger partial charge in [-0.2, -0.15) is 0 Å². The fraction of sp³-hybridized carbons (Fsp3) is 0.268. The van der Waals surface area contributed by atoms with Crippen LogP contribution in [0.25, 0.3) is 0 Å². The number of carbonyl (C=O) groups is 4. The van der Waals surface area contributed by atoms with Crippen molar-refractivity contribution in [3.63, 3.8) is 0 Å². The van der Waals surface area contributed by atoms with Crippen LogP contribution in [0.4, 0.5) is 11.4 Å². The van der Waals surface area contributed by atoms with Crippen molar-refractivity contribution in [2.24, 2.45) is 23.7 Å². The number of ether oxygens (including phenoxy) is 1. The van der Waals surface area contributed by atoms with Gasteiger partial charge in [-0.15, -0.1) is 0 Å². The minimum absolute atomic E-state index is 0.0673. The van der Waals surface area contributed by atoms with Crippen LogP contribution in [-0.4, -0.2) is 35.8 Å². The van der Waals surface area contributed by atoms with Crippen LogP contribution in [0.2, 0.25) is 5.02 Å². The summed E-state index contributed by atoms with van der Waals surface area (Å²) in [5.41, 5.74) is 2.72. The number of phenols is 1. The highest BCUT2D eigenvalue weighted by Crippen LogP contribution is 2.64. The Morgan fingerprint density at radius 2 is 1.58 bits per heavy atom. The molecule has 4 amide bonds. The first-order valence-electron chi connectivity index (χ1n) is 16.9. The van der Waals surface area contributed by atoms with Crippen molar-refractivity contribution in [1.29, 1.82) is 0 Å². The van der Waals surface area contributed by atoms with Crippen LogP contribution in [0.1, 0.15) is 42.4 Å². The molecule has 8 rings (SSSR count). The largest absolute Gasteiger partial charge is 0.504 e. The number of hydrogen-bond donors (Lipinski definition) is 1. The highest BCUT2D eigenvalue weighted by Gasteiger charge is 2.70. The van der Waals surface area contributed by atoms with Gasteiger partial charge in [0, 0.05) is 10.9 Å². The van der Waals surface area contributed by atoms with Gasteiger partial charge in [0.15, 0.2) is 11.5 Å². The molecular formula is C41H35ClN2O6. The molecule has 0 radical (unpaired) electrons. The average molecular weight is 687 g/mol. The SMILES string of the molecule is CCc1ccc(N2C(=O)[C@H]3[C@H](CC=C4[C@H]3C[C@H]3C(=O)N(c5cccc(Cl)c5)C(=O)[C@@]3(c3ccccc3)[C@H]4c3ccc(O)c(OC)c3)C2=O)cc1. The van der Waals surface area contributed by atoms with Crippen LogP contribution in [0, 0.1) is 23.7 Å². The summed E-state index contributed by atoms with van der Waals surface area (Å²) in [4.78, 5) is 61.3. The average Bonchev–Trinajstić information content (AvgIpc) is 3.53. The number of rotatable bonds is 6. The van der Waals surface area contributed by atoms with Gasteiger partial charge >= 0.3 is 0 Å². The van der Waals surface area contributed by atoms with Crippen molar-refractivity contribution in [2.45, 2.75) is 37.5 Å². The lowest BCUT2D eigenvalue weighted by atomic mass is 9.49. The molecule has 4 aromatic carbocycles. The topological polar surface area (TPSA) is 104 Å². The van der Waals surface area contributed by atoms with Crippen molar-refractivity contribution in [1.82, 2.24) is 0 Å². The van der Waals surface area contributed by atoms with Crippen LogP contribution in [0.5, 0.6) is 11.5 Å². The van der Waals surface area contributed by atoms with E-state index in [4.69, 9.17) is 16.3 Å². The molecule has 0 aromatic heterocycles. The lowest BCUT2D eigenvalue weighted by Crippen LogP contribution is -2.53. The van der Waals surface area contributed by atoms with Crippen LogP contribution in [0.3, 0.4) is 0 Å². The zero-order chi connectivity index (χ0) is 34.9. The number of nitrogens with zero attached hydrogens (tertiary/aromatic N) is 2. The summed E-state index contributed by atoms with van der Waals surface area (Å²) in [6.07, 6.45) is 3.35. The maximum Gasteiger partial charge on any atom is 0.246 e. The fourth-order valence-electron chi connectivity index (χ4n) is 9.13. The number of fused-ring (bicyclic) bond motifs is 4. The van der Waals surface area contributed by atoms with Gasteiger partial charge in [-0.05, 0) is 84.3 Å². The van der Waals surface area contributed by atoms with Gasteiger partial charge in [-0.25, -0.2) is 4.90 Å². The molecule has 0 spiro atoms. The molecule has 8 nitrogen and oxygen atoms in total. The number of amides is 4. The second-order valence-corrected chi connectivity index (χ2v) is 14.0. The lowest BCUT2D eigenvalue weighted by molar-refractivity contribution is -0.127. The van der Waals surface area contributed by atoms with Crippen molar-refractivity contribution in [3.05, 3.63) is 130 Å². The Kier molecular flexibility index (Phi) is 7.68. The number of carbonyl (C=O) groups excluding carboxylic acids is 4. The number of allylic oxidation sites excluding steroid dienone is 2. The standard InChI is InChI=1S/C41H35ClN2O6/c1-3-23-12-15-27(16-13-23)43-37(46)30-18-17-29-31(35(30)39(43)48)22-32-38(47)44(28-11-7-10-26(42)21-28)40(49)41(32,25-8-5-4-6-9-25)36(29)24-14-19-33(45)34(20-24)50-2/h4-17,19-21,30-32,35-36,45H,3,18,22H2,1-2H3/t30-,31+,32-,35-,36-,41+/m0/s1. The summed E-state index contributed by atoms with van der Waals surface area (Å²) < 4.78 is 5.54. The Morgan fingerprint density at radius 3 is 2.28 bits per heavy atom. The maximum atomic E-state index is 15.3. The van der Waals surface area contributed by atoms with Crippen molar-refractivity contribution in [3.8, 4) is 11.5 Å². The Balaban J connectivity index is 1.34. The molecule has 6 atom stereocenters. The highest BCUT2D eigenvalue weighted by molar-refractivity contribution is 6.32. The third-order valence-electron chi connectivity index (χ3n) is 11.3. The smallest absolute Gasteiger partial charge is 0.246 e. The van der Waals surface area contributed by atoms with Gasteiger partial charge in [0.05, 0.1) is 41.7 Å². The van der Waals surface area contributed by atoms with Crippen LogP contribution in [0.15, 0.2) is 109 Å². The van der Waals surface area contributed by atoms with Crippen LogP contribution in [-0.2, 0) is 31.0 Å². The fourth-order valence-corrected chi connectivity index (χ4v) is 9.31. The Labute approximate surface area is 294 Å². The molecular weight excluding hydrogens is 652 g/mol. The summed E-state index contributed by atoms with van der Waals surface area (Å²) in [7, 11) is 1.46.